The maximum Gasteiger partial charge on any atom is 0.417 e. The molecule has 0 saturated heterocycles. The predicted octanol–water partition coefficient (Wildman–Crippen LogP) is 4.22. The topological polar surface area (TPSA) is 26.3 Å². The summed E-state index contributed by atoms with van der Waals surface area (Å²) in [6, 6.07) is 6.66. The van der Waals surface area contributed by atoms with Crippen LogP contribution in [0.5, 0.6) is 0 Å². The summed E-state index contributed by atoms with van der Waals surface area (Å²) in [5, 5.41) is 1.51. The molecular formula is C13H9F3O2S. The molecule has 2 rings (SSSR count). The van der Waals surface area contributed by atoms with Crippen LogP contribution in [0.25, 0.3) is 11.1 Å². The number of carbonyl (C=O) groups excluding carboxylic acids is 1. The monoisotopic (exact) mass is 286 g/mol. The number of hydrogen-bond donors (Lipinski definition) is 0. The molecule has 100 valence electrons. The number of carbonyl (C=O) groups is 1. The summed E-state index contributed by atoms with van der Waals surface area (Å²) in [4.78, 5) is 11.6. The van der Waals surface area contributed by atoms with E-state index < -0.39 is 17.7 Å². The number of hydrogen-bond acceptors (Lipinski definition) is 3. The summed E-state index contributed by atoms with van der Waals surface area (Å²) in [7, 11) is 1.23. The lowest BCUT2D eigenvalue weighted by molar-refractivity contribution is -0.137. The van der Waals surface area contributed by atoms with Gasteiger partial charge in [-0.05, 0) is 28.6 Å². The maximum absolute atomic E-state index is 12.9. The van der Waals surface area contributed by atoms with E-state index in [2.05, 4.69) is 4.74 Å². The molecule has 0 radical (unpaired) electrons. The van der Waals surface area contributed by atoms with Crippen LogP contribution >= 0.6 is 11.3 Å². The molecule has 6 heteroatoms. The molecule has 0 spiro atoms. The van der Waals surface area contributed by atoms with Crippen LogP contribution in [-0.2, 0) is 10.9 Å². The second-order valence-electron chi connectivity index (χ2n) is 3.73. The Morgan fingerprint density at radius 3 is 2.58 bits per heavy atom. The van der Waals surface area contributed by atoms with E-state index in [0.29, 0.717) is 5.56 Å². The van der Waals surface area contributed by atoms with Crippen LogP contribution in [0.2, 0.25) is 0 Å². The van der Waals surface area contributed by atoms with E-state index in [1.165, 1.54) is 36.8 Å². The second kappa shape index (κ2) is 5.05. The molecule has 0 saturated carbocycles. The van der Waals surface area contributed by atoms with Crippen molar-refractivity contribution in [3.63, 3.8) is 0 Å². The lowest BCUT2D eigenvalue weighted by atomic mass is 10.0. The molecule has 1 aromatic carbocycles. The molecule has 1 heterocycles. The van der Waals surface area contributed by atoms with E-state index in [-0.39, 0.29) is 10.4 Å². The maximum atomic E-state index is 12.9. The lowest BCUT2D eigenvalue weighted by Crippen LogP contribution is -2.06. The van der Waals surface area contributed by atoms with Gasteiger partial charge >= 0.3 is 12.1 Å². The summed E-state index contributed by atoms with van der Waals surface area (Å²) in [5.41, 5.74) is -0.302. The van der Waals surface area contributed by atoms with Crippen molar-refractivity contribution in [1.29, 1.82) is 0 Å². The van der Waals surface area contributed by atoms with Gasteiger partial charge in [-0.3, -0.25) is 0 Å². The molecule has 0 N–H and O–H groups in total. The minimum Gasteiger partial charge on any atom is -0.465 e. The molecule has 0 aliphatic heterocycles. The largest absolute Gasteiger partial charge is 0.465 e. The highest BCUT2D eigenvalue weighted by Crippen LogP contribution is 2.38. The molecule has 1 aromatic heterocycles. The zero-order valence-electron chi connectivity index (χ0n) is 9.82. The summed E-state index contributed by atoms with van der Waals surface area (Å²) >= 11 is 1.05. The van der Waals surface area contributed by atoms with Gasteiger partial charge in [-0.2, -0.15) is 13.2 Å². The first-order valence-corrected chi connectivity index (χ1v) is 6.15. The van der Waals surface area contributed by atoms with E-state index in [1.54, 1.807) is 0 Å². The van der Waals surface area contributed by atoms with Gasteiger partial charge in [0.15, 0.2) is 0 Å². The van der Waals surface area contributed by atoms with Crippen LogP contribution in [0.1, 0.15) is 15.2 Å². The standard InChI is InChI=1S/C13H9F3O2S/c1-18-12(17)11-6-8(7-19-11)9-4-2-3-5-10(9)13(14,15)16/h2-7H,1H3. The molecule has 0 atom stereocenters. The first kappa shape index (κ1) is 13.6. The fourth-order valence-electron chi connectivity index (χ4n) is 1.67. The van der Waals surface area contributed by atoms with E-state index >= 15 is 0 Å². The first-order valence-electron chi connectivity index (χ1n) is 5.27. The van der Waals surface area contributed by atoms with Gasteiger partial charge in [0.05, 0.1) is 12.7 Å². The molecule has 0 aliphatic carbocycles. The number of esters is 1. The Balaban J connectivity index is 2.48. The van der Waals surface area contributed by atoms with Gasteiger partial charge < -0.3 is 4.74 Å². The van der Waals surface area contributed by atoms with Gasteiger partial charge in [-0.15, -0.1) is 11.3 Å². The van der Waals surface area contributed by atoms with Gasteiger partial charge in [-0.1, -0.05) is 18.2 Å². The smallest absolute Gasteiger partial charge is 0.417 e. The highest BCUT2D eigenvalue weighted by molar-refractivity contribution is 7.12. The summed E-state index contributed by atoms with van der Waals surface area (Å²) in [6.45, 7) is 0. The fourth-order valence-corrected chi connectivity index (χ4v) is 2.49. The number of ether oxygens (including phenoxy) is 1. The number of methoxy groups -OCH3 is 1. The number of halogens is 3. The minimum absolute atomic E-state index is 0.0569. The molecule has 0 fully saturated rings. The number of benzene rings is 1. The van der Waals surface area contributed by atoms with Crippen molar-refractivity contribution in [3.05, 3.63) is 46.2 Å². The van der Waals surface area contributed by atoms with Crippen LogP contribution in [-0.4, -0.2) is 13.1 Å². The SMILES string of the molecule is COC(=O)c1cc(-c2ccccc2C(F)(F)F)cs1. The molecule has 2 aromatic rings. The number of thiophene rings is 1. The van der Waals surface area contributed by atoms with E-state index in [9.17, 15) is 18.0 Å². The Hall–Kier alpha value is -1.82. The van der Waals surface area contributed by atoms with Gasteiger partial charge in [0.2, 0.25) is 0 Å². The molecular weight excluding hydrogens is 277 g/mol. The van der Waals surface area contributed by atoms with Gasteiger partial charge in [0.25, 0.3) is 0 Å². The average molecular weight is 286 g/mol. The van der Waals surface area contributed by atoms with Crippen molar-refractivity contribution in [3.8, 4) is 11.1 Å². The third-order valence-corrected chi connectivity index (χ3v) is 3.44. The van der Waals surface area contributed by atoms with Crippen molar-refractivity contribution in [2.45, 2.75) is 6.18 Å². The molecule has 0 bridgehead atoms. The Bertz CT molecular complexity index is 602. The highest BCUT2D eigenvalue weighted by atomic mass is 32.1. The number of alkyl halides is 3. The van der Waals surface area contributed by atoms with Gasteiger partial charge in [0.1, 0.15) is 4.88 Å². The zero-order chi connectivity index (χ0) is 14.0. The summed E-state index contributed by atoms with van der Waals surface area (Å²) in [5.74, 6) is -0.555. The Morgan fingerprint density at radius 1 is 1.26 bits per heavy atom. The summed E-state index contributed by atoms with van der Waals surface area (Å²) in [6.07, 6.45) is -4.43. The molecule has 0 unspecified atom stereocenters. The van der Waals surface area contributed by atoms with Crippen LogP contribution in [0.4, 0.5) is 13.2 Å². The molecule has 19 heavy (non-hydrogen) atoms. The van der Waals surface area contributed by atoms with E-state index in [0.717, 1.165) is 17.4 Å². The zero-order valence-corrected chi connectivity index (χ0v) is 10.6. The predicted molar refractivity (Wildman–Crippen MR) is 66.1 cm³/mol. The van der Waals surface area contributed by atoms with E-state index in [1.807, 2.05) is 0 Å². The van der Waals surface area contributed by atoms with Gasteiger partial charge in [0, 0.05) is 0 Å². The quantitative estimate of drug-likeness (QED) is 0.773. The first-order chi connectivity index (χ1) is 8.93. The van der Waals surface area contributed by atoms with Crippen molar-refractivity contribution in [1.82, 2.24) is 0 Å². The Kier molecular flexibility index (Phi) is 3.61. The molecule has 2 nitrogen and oxygen atoms in total. The minimum atomic E-state index is -4.43. The molecule has 0 aliphatic rings. The van der Waals surface area contributed by atoms with Crippen molar-refractivity contribution < 1.29 is 22.7 Å². The van der Waals surface area contributed by atoms with Crippen molar-refractivity contribution in [2.24, 2.45) is 0 Å². The van der Waals surface area contributed by atoms with E-state index in [4.69, 9.17) is 0 Å². The summed E-state index contributed by atoms with van der Waals surface area (Å²) < 4.78 is 43.2. The normalized spacial score (nSPS) is 11.4. The van der Waals surface area contributed by atoms with Crippen molar-refractivity contribution >= 4 is 17.3 Å². The third kappa shape index (κ3) is 2.78. The van der Waals surface area contributed by atoms with Crippen molar-refractivity contribution in [2.75, 3.05) is 7.11 Å². The third-order valence-electron chi connectivity index (χ3n) is 2.53. The second-order valence-corrected chi connectivity index (χ2v) is 4.65. The van der Waals surface area contributed by atoms with Crippen LogP contribution in [0.3, 0.4) is 0 Å². The Labute approximate surface area is 111 Å². The average Bonchev–Trinajstić information content (AvgIpc) is 2.86. The fraction of sp³-hybridized carbons (Fsp3) is 0.154. The van der Waals surface area contributed by atoms with Crippen LogP contribution < -0.4 is 0 Å². The van der Waals surface area contributed by atoms with Gasteiger partial charge in [-0.25, -0.2) is 4.79 Å². The highest BCUT2D eigenvalue weighted by Gasteiger charge is 2.33. The van der Waals surface area contributed by atoms with Crippen LogP contribution in [0.15, 0.2) is 35.7 Å². The molecule has 0 amide bonds. The van der Waals surface area contributed by atoms with Crippen LogP contribution in [0, 0.1) is 0 Å². The number of rotatable bonds is 2. The Morgan fingerprint density at radius 2 is 1.95 bits per heavy atom. The lowest BCUT2D eigenvalue weighted by Gasteiger charge is -2.11.